The Morgan fingerprint density at radius 1 is 1.09 bits per heavy atom. The number of hydrogen-bond donors (Lipinski definition) is 3. The second-order valence-corrected chi connectivity index (χ2v) is 9.88. The summed E-state index contributed by atoms with van der Waals surface area (Å²) in [4.78, 5) is 28.5. The van der Waals surface area contributed by atoms with Crippen LogP contribution >= 0.6 is 0 Å². The number of aromatic nitrogens is 3. The highest BCUT2D eigenvalue weighted by Gasteiger charge is 2.42. The van der Waals surface area contributed by atoms with Crippen molar-refractivity contribution in [2.24, 2.45) is 5.73 Å². The molecular formula is C29H24F6N6O2. The fraction of sp³-hybridized carbons (Fsp3) is 0.241. The number of halogens is 6. The number of nitrogens with one attached hydrogen (secondary N) is 2. The SMILES string of the molecule is NC(=O)c1cc(-c2cccnc2[C@H](Cc2cc(F)cc(F)c2)NCCn2nc(C(F)(F)F)c3c2CCNC3=O)ccc1F. The molecule has 4 N–H and O–H groups in total. The van der Waals surface area contributed by atoms with Gasteiger partial charge in [0.25, 0.3) is 11.8 Å². The second kappa shape index (κ2) is 11.9. The second-order valence-electron chi connectivity index (χ2n) is 9.88. The van der Waals surface area contributed by atoms with Gasteiger partial charge in [-0.1, -0.05) is 12.1 Å². The molecule has 14 heteroatoms. The van der Waals surface area contributed by atoms with E-state index >= 15 is 0 Å². The Morgan fingerprint density at radius 3 is 2.53 bits per heavy atom. The molecule has 1 aliphatic rings. The summed E-state index contributed by atoms with van der Waals surface area (Å²) < 4.78 is 84.4. The molecule has 224 valence electrons. The Kier molecular flexibility index (Phi) is 8.22. The molecule has 0 saturated heterocycles. The van der Waals surface area contributed by atoms with Crippen molar-refractivity contribution in [3.05, 3.63) is 106 Å². The van der Waals surface area contributed by atoms with Gasteiger partial charge >= 0.3 is 6.18 Å². The van der Waals surface area contributed by atoms with Crippen molar-refractivity contribution in [3.63, 3.8) is 0 Å². The van der Waals surface area contributed by atoms with Gasteiger partial charge in [-0.05, 0) is 47.9 Å². The third kappa shape index (κ3) is 6.38. The van der Waals surface area contributed by atoms with Gasteiger partial charge in [-0.15, -0.1) is 0 Å². The van der Waals surface area contributed by atoms with E-state index in [9.17, 15) is 35.9 Å². The van der Waals surface area contributed by atoms with Gasteiger partial charge in [0.15, 0.2) is 5.69 Å². The summed E-state index contributed by atoms with van der Waals surface area (Å²) in [5, 5.41) is 9.27. The number of hydrogen-bond acceptors (Lipinski definition) is 5. The topological polar surface area (TPSA) is 115 Å². The lowest BCUT2D eigenvalue weighted by molar-refractivity contribution is -0.141. The first-order valence-corrected chi connectivity index (χ1v) is 13.1. The highest BCUT2D eigenvalue weighted by atomic mass is 19.4. The molecule has 43 heavy (non-hydrogen) atoms. The largest absolute Gasteiger partial charge is 0.435 e. The van der Waals surface area contributed by atoms with Gasteiger partial charge in [-0.3, -0.25) is 19.3 Å². The van der Waals surface area contributed by atoms with Crippen molar-refractivity contribution in [3.8, 4) is 11.1 Å². The van der Waals surface area contributed by atoms with E-state index in [-0.39, 0.29) is 49.3 Å². The third-order valence-corrected chi connectivity index (χ3v) is 6.99. The molecule has 0 bridgehead atoms. The Balaban J connectivity index is 1.49. The van der Waals surface area contributed by atoms with E-state index in [1.165, 1.54) is 18.3 Å². The van der Waals surface area contributed by atoms with Gasteiger partial charge in [0.2, 0.25) is 0 Å². The van der Waals surface area contributed by atoms with Crippen LogP contribution in [0.3, 0.4) is 0 Å². The molecule has 1 atom stereocenters. The molecule has 5 rings (SSSR count). The fourth-order valence-corrected chi connectivity index (χ4v) is 5.15. The molecular weight excluding hydrogens is 578 g/mol. The lowest BCUT2D eigenvalue weighted by Crippen LogP contribution is -2.34. The van der Waals surface area contributed by atoms with Crippen LogP contribution in [0.15, 0.2) is 54.7 Å². The number of fused-ring (bicyclic) bond motifs is 1. The number of alkyl halides is 3. The fourth-order valence-electron chi connectivity index (χ4n) is 5.15. The molecule has 2 amide bonds. The quantitative estimate of drug-likeness (QED) is 0.247. The van der Waals surface area contributed by atoms with Crippen LogP contribution in [0.5, 0.6) is 0 Å². The summed E-state index contributed by atoms with van der Waals surface area (Å²) in [7, 11) is 0. The van der Waals surface area contributed by atoms with E-state index in [4.69, 9.17) is 5.73 Å². The molecule has 8 nitrogen and oxygen atoms in total. The van der Waals surface area contributed by atoms with Gasteiger partial charge in [-0.2, -0.15) is 18.3 Å². The maximum absolute atomic E-state index is 14.2. The number of pyridine rings is 1. The standard InChI is InChI=1S/C29H24F6N6O2/c30-17-10-15(11-18(31)14-17)12-22(25-19(2-1-6-38-25)16-3-4-21(32)20(13-16)27(36)42)37-8-9-41-23-5-7-39-28(43)24(23)26(40-41)29(33,34)35/h1-4,6,10-11,13-14,22,37H,5,7-9,12H2,(H2,36,42)(H,39,43)/t22-/m0/s1. The van der Waals surface area contributed by atoms with Crippen LogP contribution < -0.4 is 16.4 Å². The summed E-state index contributed by atoms with van der Waals surface area (Å²) in [6, 6.07) is 9.24. The zero-order valence-corrected chi connectivity index (χ0v) is 22.3. The molecule has 0 unspecified atom stereocenters. The van der Waals surface area contributed by atoms with Crippen LogP contribution in [0, 0.1) is 17.5 Å². The summed E-state index contributed by atoms with van der Waals surface area (Å²) in [6.45, 7) is 0.0873. The van der Waals surface area contributed by atoms with Crippen LogP contribution in [0.1, 0.15) is 49.4 Å². The molecule has 4 aromatic rings. The number of benzene rings is 2. The number of nitrogens with zero attached hydrogens (tertiary/aromatic N) is 3. The maximum atomic E-state index is 14.2. The maximum Gasteiger partial charge on any atom is 0.435 e. The van der Waals surface area contributed by atoms with E-state index in [0.29, 0.717) is 16.8 Å². The van der Waals surface area contributed by atoms with Crippen LogP contribution in [-0.4, -0.2) is 39.7 Å². The third-order valence-electron chi connectivity index (χ3n) is 6.99. The van der Waals surface area contributed by atoms with E-state index in [1.807, 2.05) is 0 Å². The predicted octanol–water partition coefficient (Wildman–Crippen LogP) is 4.34. The van der Waals surface area contributed by atoms with Crippen molar-refractivity contribution >= 4 is 11.8 Å². The smallest absolute Gasteiger partial charge is 0.366 e. The Labute approximate surface area is 240 Å². The van der Waals surface area contributed by atoms with Crippen LogP contribution in [0.2, 0.25) is 0 Å². The summed E-state index contributed by atoms with van der Waals surface area (Å²) >= 11 is 0. The van der Waals surface area contributed by atoms with Crippen LogP contribution in [0.4, 0.5) is 26.3 Å². The average molecular weight is 603 g/mol. The first-order chi connectivity index (χ1) is 20.4. The minimum absolute atomic E-state index is 0.00398. The normalized spacial score (nSPS) is 13.9. The van der Waals surface area contributed by atoms with Gasteiger partial charge in [-0.25, -0.2) is 13.2 Å². The molecule has 0 fully saturated rings. The summed E-state index contributed by atoms with van der Waals surface area (Å²) in [5.74, 6) is -4.27. The minimum atomic E-state index is -4.84. The van der Waals surface area contributed by atoms with Crippen molar-refractivity contribution in [2.45, 2.75) is 31.6 Å². The van der Waals surface area contributed by atoms with E-state index in [2.05, 4.69) is 20.7 Å². The number of primary amides is 1. The zero-order chi connectivity index (χ0) is 30.9. The zero-order valence-electron chi connectivity index (χ0n) is 22.3. The molecule has 0 radical (unpaired) electrons. The van der Waals surface area contributed by atoms with E-state index < -0.39 is 52.7 Å². The Hall–Kier alpha value is -4.72. The number of rotatable bonds is 9. The van der Waals surface area contributed by atoms with Crippen molar-refractivity contribution in [1.82, 2.24) is 25.4 Å². The Morgan fingerprint density at radius 2 is 1.84 bits per heavy atom. The molecule has 0 saturated carbocycles. The van der Waals surface area contributed by atoms with Gasteiger partial charge < -0.3 is 16.4 Å². The van der Waals surface area contributed by atoms with E-state index in [0.717, 1.165) is 28.9 Å². The predicted molar refractivity (Wildman–Crippen MR) is 142 cm³/mol. The molecule has 3 heterocycles. The molecule has 2 aromatic heterocycles. The Bertz CT molecular complexity index is 1680. The number of carbonyl (C=O) groups excluding carboxylic acids is 2. The number of amides is 2. The molecule has 0 aliphatic carbocycles. The highest BCUT2D eigenvalue weighted by Crippen LogP contribution is 2.34. The first kappa shape index (κ1) is 29.8. The van der Waals surface area contributed by atoms with Crippen molar-refractivity contribution in [1.29, 1.82) is 0 Å². The van der Waals surface area contributed by atoms with Crippen molar-refractivity contribution < 1.29 is 35.9 Å². The highest BCUT2D eigenvalue weighted by molar-refractivity contribution is 5.97. The minimum Gasteiger partial charge on any atom is -0.366 e. The van der Waals surface area contributed by atoms with Gasteiger partial charge in [0.05, 0.1) is 35.1 Å². The summed E-state index contributed by atoms with van der Waals surface area (Å²) in [6.07, 6.45) is -3.23. The van der Waals surface area contributed by atoms with Crippen LogP contribution in [-0.2, 0) is 25.6 Å². The molecule has 1 aliphatic heterocycles. The lowest BCUT2D eigenvalue weighted by atomic mass is 9.94. The van der Waals surface area contributed by atoms with Crippen LogP contribution in [0.25, 0.3) is 11.1 Å². The monoisotopic (exact) mass is 602 g/mol. The number of nitrogens with two attached hydrogens (primary N) is 1. The summed E-state index contributed by atoms with van der Waals surface area (Å²) in [5.41, 5.74) is 4.77. The molecule has 2 aromatic carbocycles. The lowest BCUT2D eigenvalue weighted by Gasteiger charge is -2.22. The number of carbonyl (C=O) groups is 2. The van der Waals surface area contributed by atoms with Crippen molar-refractivity contribution in [2.75, 3.05) is 13.1 Å². The van der Waals surface area contributed by atoms with Gasteiger partial charge in [0, 0.05) is 37.3 Å². The first-order valence-electron chi connectivity index (χ1n) is 13.1. The van der Waals surface area contributed by atoms with Gasteiger partial charge in [0.1, 0.15) is 17.5 Å². The average Bonchev–Trinajstić information content (AvgIpc) is 3.33. The molecule has 0 spiro atoms. The van der Waals surface area contributed by atoms with E-state index in [1.54, 1.807) is 12.1 Å².